The standard InChI is InChI=1S/C15H24N2O/c1-11-8-13(10-16)4-5-15(11)17-7-6-14(18-3)9-12(17)2/h4-5,8,12,14H,6-7,9-10,16H2,1-3H3. The highest BCUT2D eigenvalue weighted by molar-refractivity contribution is 5.55. The van der Waals surface area contributed by atoms with Crippen LogP contribution in [-0.4, -0.2) is 25.8 Å². The van der Waals surface area contributed by atoms with E-state index in [4.69, 9.17) is 10.5 Å². The molecule has 0 aliphatic carbocycles. The van der Waals surface area contributed by atoms with Gasteiger partial charge >= 0.3 is 0 Å². The third-order valence-corrected chi connectivity index (χ3v) is 3.97. The van der Waals surface area contributed by atoms with Crippen molar-refractivity contribution in [3.63, 3.8) is 0 Å². The van der Waals surface area contributed by atoms with Crippen LogP contribution in [0.1, 0.15) is 30.9 Å². The monoisotopic (exact) mass is 248 g/mol. The number of piperidine rings is 1. The molecule has 1 heterocycles. The molecule has 0 radical (unpaired) electrons. The number of nitrogens with two attached hydrogens (primary N) is 1. The van der Waals surface area contributed by atoms with E-state index in [1.165, 1.54) is 16.8 Å². The zero-order valence-corrected chi connectivity index (χ0v) is 11.6. The number of aryl methyl sites for hydroxylation is 1. The van der Waals surface area contributed by atoms with Crippen LogP contribution in [0.25, 0.3) is 0 Å². The van der Waals surface area contributed by atoms with Crippen molar-refractivity contribution in [2.24, 2.45) is 5.73 Å². The zero-order chi connectivity index (χ0) is 13.1. The van der Waals surface area contributed by atoms with Crippen molar-refractivity contribution >= 4 is 5.69 Å². The van der Waals surface area contributed by atoms with E-state index in [9.17, 15) is 0 Å². The fourth-order valence-corrected chi connectivity index (χ4v) is 2.87. The lowest BCUT2D eigenvalue weighted by molar-refractivity contribution is 0.0721. The maximum atomic E-state index is 5.68. The summed E-state index contributed by atoms with van der Waals surface area (Å²) in [5, 5.41) is 0. The predicted octanol–water partition coefficient (Wildman–Crippen LogP) is 2.46. The second-order valence-electron chi connectivity index (χ2n) is 5.25. The molecule has 1 fully saturated rings. The van der Waals surface area contributed by atoms with Gasteiger partial charge < -0.3 is 15.4 Å². The Morgan fingerprint density at radius 3 is 2.78 bits per heavy atom. The third-order valence-electron chi connectivity index (χ3n) is 3.97. The molecule has 1 aliphatic heterocycles. The van der Waals surface area contributed by atoms with Gasteiger partial charge in [0.2, 0.25) is 0 Å². The van der Waals surface area contributed by atoms with Gasteiger partial charge in [0.1, 0.15) is 0 Å². The molecule has 2 N–H and O–H groups in total. The first kappa shape index (κ1) is 13.4. The third kappa shape index (κ3) is 2.68. The van der Waals surface area contributed by atoms with Gasteiger partial charge in [0.25, 0.3) is 0 Å². The minimum atomic E-state index is 0.417. The number of methoxy groups -OCH3 is 1. The molecule has 3 heteroatoms. The van der Waals surface area contributed by atoms with Crippen LogP contribution in [0.2, 0.25) is 0 Å². The maximum absolute atomic E-state index is 5.68. The molecule has 1 aromatic carbocycles. The average Bonchev–Trinajstić information content (AvgIpc) is 2.39. The van der Waals surface area contributed by atoms with Crippen LogP contribution >= 0.6 is 0 Å². The fourth-order valence-electron chi connectivity index (χ4n) is 2.87. The molecule has 0 aromatic heterocycles. The van der Waals surface area contributed by atoms with Gasteiger partial charge in [0.05, 0.1) is 6.10 Å². The van der Waals surface area contributed by atoms with Crippen molar-refractivity contribution in [1.29, 1.82) is 0 Å². The van der Waals surface area contributed by atoms with Crippen molar-refractivity contribution < 1.29 is 4.74 Å². The Morgan fingerprint density at radius 1 is 1.44 bits per heavy atom. The lowest BCUT2D eigenvalue weighted by Crippen LogP contribution is -2.43. The highest BCUT2D eigenvalue weighted by Gasteiger charge is 2.26. The Balaban J connectivity index is 2.16. The van der Waals surface area contributed by atoms with Gasteiger partial charge in [0, 0.05) is 31.9 Å². The first-order chi connectivity index (χ1) is 8.65. The summed E-state index contributed by atoms with van der Waals surface area (Å²) in [4.78, 5) is 2.49. The molecule has 1 aliphatic rings. The second-order valence-corrected chi connectivity index (χ2v) is 5.25. The summed E-state index contributed by atoms with van der Waals surface area (Å²) in [5.41, 5.74) is 9.55. The number of anilines is 1. The summed E-state index contributed by atoms with van der Waals surface area (Å²) in [6, 6.07) is 7.08. The van der Waals surface area contributed by atoms with Crippen LogP contribution < -0.4 is 10.6 Å². The van der Waals surface area contributed by atoms with E-state index in [0.717, 1.165) is 19.4 Å². The van der Waals surface area contributed by atoms with Crippen LogP contribution in [0.15, 0.2) is 18.2 Å². The van der Waals surface area contributed by atoms with Gasteiger partial charge in [-0.25, -0.2) is 0 Å². The Labute approximate surface area is 110 Å². The lowest BCUT2D eigenvalue weighted by Gasteiger charge is -2.39. The van der Waals surface area contributed by atoms with Crippen molar-refractivity contribution in [3.8, 4) is 0 Å². The van der Waals surface area contributed by atoms with E-state index in [0.29, 0.717) is 18.7 Å². The largest absolute Gasteiger partial charge is 0.381 e. The summed E-state index contributed by atoms with van der Waals surface area (Å²) >= 11 is 0. The highest BCUT2D eigenvalue weighted by atomic mass is 16.5. The fraction of sp³-hybridized carbons (Fsp3) is 0.600. The predicted molar refractivity (Wildman–Crippen MR) is 75.9 cm³/mol. The molecule has 18 heavy (non-hydrogen) atoms. The number of hydrogen-bond acceptors (Lipinski definition) is 3. The van der Waals surface area contributed by atoms with E-state index >= 15 is 0 Å². The van der Waals surface area contributed by atoms with Gasteiger partial charge in [-0.2, -0.15) is 0 Å². The van der Waals surface area contributed by atoms with Gasteiger partial charge in [0.15, 0.2) is 0 Å². The smallest absolute Gasteiger partial charge is 0.0607 e. The summed E-state index contributed by atoms with van der Waals surface area (Å²) in [5.74, 6) is 0. The van der Waals surface area contributed by atoms with E-state index in [1.54, 1.807) is 0 Å². The molecule has 100 valence electrons. The Kier molecular flexibility index (Phi) is 4.25. The number of nitrogens with zero attached hydrogens (tertiary/aromatic N) is 1. The molecule has 1 saturated heterocycles. The molecule has 0 amide bonds. The summed E-state index contributed by atoms with van der Waals surface area (Å²) in [6.45, 7) is 6.13. The molecule has 2 rings (SSSR count). The first-order valence-electron chi connectivity index (χ1n) is 6.74. The van der Waals surface area contributed by atoms with E-state index < -0.39 is 0 Å². The minimum absolute atomic E-state index is 0.417. The number of hydrogen-bond donors (Lipinski definition) is 1. The van der Waals surface area contributed by atoms with Crippen molar-refractivity contribution in [2.75, 3.05) is 18.6 Å². The molecular weight excluding hydrogens is 224 g/mol. The number of benzene rings is 1. The van der Waals surface area contributed by atoms with Crippen molar-refractivity contribution in [3.05, 3.63) is 29.3 Å². The molecular formula is C15H24N2O. The average molecular weight is 248 g/mol. The Bertz CT molecular complexity index is 405. The van der Waals surface area contributed by atoms with Crippen LogP contribution in [0.4, 0.5) is 5.69 Å². The molecule has 3 nitrogen and oxygen atoms in total. The summed E-state index contributed by atoms with van der Waals surface area (Å²) in [7, 11) is 1.81. The van der Waals surface area contributed by atoms with E-state index in [2.05, 4.69) is 36.9 Å². The number of rotatable bonds is 3. The van der Waals surface area contributed by atoms with Gasteiger partial charge in [-0.05, 0) is 43.9 Å². The van der Waals surface area contributed by atoms with Crippen molar-refractivity contribution in [1.82, 2.24) is 0 Å². The van der Waals surface area contributed by atoms with E-state index in [-0.39, 0.29) is 0 Å². The molecule has 0 saturated carbocycles. The van der Waals surface area contributed by atoms with Crippen molar-refractivity contribution in [2.45, 2.75) is 45.4 Å². The molecule has 2 atom stereocenters. The Hall–Kier alpha value is -1.06. The molecule has 1 aromatic rings. The Morgan fingerprint density at radius 2 is 2.22 bits per heavy atom. The van der Waals surface area contributed by atoms with Gasteiger partial charge in [-0.3, -0.25) is 0 Å². The van der Waals surface area contributed by atoms with Crippen LogP contribution in [-0.2, 0) is 11.3 Å². The second kappa shape index (κ2) is 5.72. The summed E-state index contributed by atoms with van der Waals surface area (Å²) in [6.07, 6.45) is 2.63. The van der Waals surface area contributed by atoms with E-state index in [1.807, 2.05) is 7.11 Å². The van der Waals surface area contributed by atoms with Gasteiger partial charge in [-0.15, -0.1) is 0 Å². The van der Waals surface area contributed by atoms with Crippen LogP contribution in [0.5, 0.6) is 0 Å². The SMILES string of the molecule is COC1CCN(c2ccc(CN)cc2C)C(C)C1. The molecule has 2 unspecified atom stereocenters. The lowest BCUT2D eigenvalue weighted by atomic mass is 9.98. The van der Waals surface area contributed by atoms with Crippen LogP contribution in [0, 0.1) is 6.92 Å². The number of ether oxygens (including phenoxy) is 1. The topological polar surface area (TPSA) is 38.5 Å². The van der Waals surface area contributed by atoms with Gasteiger partial charge in [-0.1, -0.05) is 12.1 Å². The maximum Gasteiger partial charge on any atom is 0.0607 e. The minimum Gasteiger partial charge on any atom is -0.381 e. The normalized spacial score (nSPS) is 24.3. The molecule has 0 bridgehead atoms. The highest BCUT2D eigenvalue weighted by Crippen LogP contribution is 2.29. The molecule has 0 spiro atoms. The zero-order valence-electron chi connectivity index (χ0n) is 11.6. The summed E-state index contributed by atoms with van der Waals surface area (Å²) < 4.78 is 5.47. The quantitative estimate of drug-likeness (QED) is 0.893. The van der Waals surface area contributed by atoms with Crippen LogP contribution in [0.3, 0.4) is 0 Å². The first-order valence-corrected chi connectivity index (χ1v) is 6.74.